The number of aryl methyl sites for hydroxylation is 1. The van der Waals surface area contributed by atoms with Crippen LogP contribution in [0.5, 0.6) is 0 Å². The predicted molar refractivity (Wildman–Crippen MR) is 107 cm³/mol. The van der Waals surface area contributed by atoms with E-state index in [1.807, 2.05) is 36.2 Å². The Bertz CT molecular complexity index is 1040. The van der Waals surface area contributed by atoms with Gasteiger partial charge in [0.2, 0.25) is 0 Å². The van der Waals surface area contributed by atoms with Gasteiger partial charge in [0.1, 0.15) is 4.60 Å². The van der Waals surface area contributed by atoms with Gasteiger partial charge >= 0.3 is 0 Å². The molecule has 9 nitrogen and oxygen atoms in total. The van der Waals surface area contributed by atoms with Crippen molar-refractivity contribution >= 4 is 27.5 Å². The fraction of sp³-hybridized carbons (Fsp3) is 0.111. The lowest BCUT2D eigenvalue weighted by atomic mass is 10.2. The van der Waals surface area contributed by atoms with Crippen LogP contribution in [0.3, 0.4) is 0 Å². The minimum atomic E-state index is -0.414. The van der Waals surface area contributed by atoms with E-state index < -0.39 is 4.92 Å². The lowest BCUT2D eigenvalue weighted by Gasteiger charge is -2.18. The molecule has 10 heteroatoms. The Morgan fingerprint density at radius 2 is 1.86 bits per heavy atom. The van der Waals surface area contributed by atoms with Gasteiger partial charge < -0.3 is 0 Å². The van der Waals surface area contributed by atoms with Gasteiger partial charge in [0.05, 0.1) is 28.9 Å². The summed E-state index contributed by atoms with van der Waals surface area (Å²) >= 11 is 3.62. The normalized spacial score (nSPS) is 13.4. The third-order valence-corrected chi connectivity index (χ3v) is 5.08. The number of nitrogens with zero attached hydrogens (tertiary/aromatic N) is 5. The molecule has 142 valence electrons. The fourth-order valence-electron chi connectivity index (χ4n) is 2.83. The van der Waals surface area contributed by atoms with Crippen molar-refractivity contribution in [3.63, 3.8) is 0 Å². The molecule has 0 atom stereocenters. The van der Waals surface area contributed by atoms with Gasteiger partial charge in [-0.1, -0.05) is 29.8 Å². The molecule has 0 saturated carbocycles. The topological polar surface area (TPSA) is 101 Å². The number of nitro benzene ring substituents is 1. The van der Waals surface area contributed by atoms with E-state index in [1.165, 1.54) is 17.7 Å². The summed E-state index contributed by atoms with van der Waals surface area (Å²) in [6, 6.07) is 14.5. The Morgan fingerprint density at radius 3 is 2.54 bits per heavy atom. The molecule has 0 radical (unpaired) electrons. The van der Waals surface area contributed by atoms with Gasteiger partial charge in [-0.15, -0.1) is 10.6 Å². The third kappa shape index (κ3) is 3.47. The number of hydrazine groups is 2. The van der Waals surface area contributed by atoms with Gasteiger partial charge in [-0.25, -0.2) is 10.2 Å². The minimum absolute atomic E-state index is 0.0623. The number of aromatic nitrogens is 2. The van der Waals surface area contributed by atoms with E-state index in [0.717, 1.165) is 21.4 Å². The number of hydrogen-bond donors (Lipinski definition) is 2. The number of amidine groups is 1. The summed E-state index contributed by atoms with van der Waals surface area (Å²) in [5.41, 5.74) is 9.59. The Morgan fingerprint density at radius 1 is 1.14 bits per heavy atom. The zero-order chi connectivity index (χ0) is 19.7. The molecule has 0 spiro atoms. The van der Waals surface area contributed by atoms with Crippen molar-refractivity contribution in [2.24, 2.45) is 5.10 Å². The molecule has 0 fully saturated rings. The highest BCUT2D eigenvalue weighted by Gasteiger charge is 2.24. The summed E-state index contributed by atoms with van der Waals surface area (Å²) in [6.45, 7) is 2.50. The standard InChI is InChI=1S/C18H16BrN7O2/c1-12-2-6-14(7-3-12)25-17(19)16(10-20-25)18-21-22-23-24(18)11-13-4-8-15(9-5-13)26(27)28/h2-10,22-23H,11H2,1H3. The van der Waals surface area contributed by atoms with Crippen LogP contribution in [0.2, 0.25) is 0 Å². The SMILES string of the molecule is Cc1ccc(-n2ncc(C3=NNNN3Cc3ccc([N+](=O)[O-])cc3)c2Br)cc1. The minimum Gasteiger partial charge on any atom is -0.266 e. The predicted octanol–water partition coefficient (Wildman–Crippen LogP) is 3.04. The average molecular weight is 442 g/mol. The van der Waals surface area contributed by atoms with Gasteiger partial charge in [-0.05, 0) is 40.5 Å². The summed E-state index contributed by atoms with van der Waals surface area (Å²) in [7, 11) is 0. The Labute approximate surface area is 168 Å². The number of non-ortho nitro benzene ring substituents is 1. The van der Waals surface area contributed by atoms with Crippen LogP contribution in [0.15, 0.2) is 64.4 Å². The second kappa shape index (κ2) is 7.41. The number of halogens is 1. The molecule has 1 aliphatic rings. The van der Waals surface area contributed by atoms with Crippen molar-refractivity contribution in [2.45, 2.75) is 13.5 Å². The maximum atomic E-state index is 10.8. The van der Waals surface area contributed by atoms with E-state index >= 15 is 0 Å². The Hall–Kier alpha value is -3.24. The van der Waals surface area contributed by atoms with Crippen molar-refractivity contribution in [1.29, 1.82) is 0 Å². The van der Waals surface area contributed by atoms with Crippen LogP contribution in [0, 0.1) is 17.0 Å². The van der Waals surface area contributed by atoms with E-state index in [4.69, 9.17) is 0 Å². The number of hydrogen-bond acceptors (Lipinski definition) is 7. The van der Waals surface area contributed by atoms with Crippen LogP contribution in [0.1, 0.15) is 16.7 Å². The van der Waals surface area contributed by atoms with Crippen LogP contribution in [-0.4, -0.2) is 25.5 Å². The zero-order valence-electron chi connectivity index (χ0n) is 14.8. The van der Waals surface area contributed by atoms with Gasteiger partial charge in [0, 0.05) is 12.1 Å². The number of benzene rings is 2. The second-order valence-electron chi connectivity index (χ2n) is 6.27. The molecular weight excluding hydrogens is 426 g/mol. The zero-order valence-corrected chi connectivity index (χ0v) is 16.4. The Kier molecular flexibility index (Phi) is 4.80. The van der Waals surface area contributed by atoms with E-state index in [1.54, 1.807) is 23.0 Å². The molecule has 28 heavy (non-hydrogen) atoms. The smallest absolute Gasteiger partial charge is 0.266 e. The van der Waals surface area contributed by atoms with Crippen molar-refractivity contribution in [2.75, 3.05) is 0 Å². The maximum absolute atomic E-state index is 10.8. The summed E-state index contributed by atoms with van der Waals surface area (Å²) in [4.78, 5) is 10.4. The molecule has 0 bridgehead atoms. The summed E-state index contributed by atoms with van der Waals surface area (Å²) < 4.78 is 2.56. The molecule has 0 amide bonds. The summed E-state index contributed by atoms with van der Waals surface area (Å²) in [6.07, 6.45) is 1.74. The first-order valence-corrected chi connectivity index (χ1v) is 9.22. The monoisotopic (exact) mass is 441 g/mol. The molecule has 0 saturated heterocycles. The van der Waals surface area contributed by atoms with Gasteiger partial charge in [0.15, 0.2) is 5.84 Å². The summed E-state index contributed by atoms with van der Waals surface area (Å²) in [5, 5.41) is 21.4. The maximum Gasteiger partial charge on any atom is 0.269 e. The average Bonchev–Trinajstić information content (AvgIpc) is 3.29. The Balaban J connectivity index is 1.57. The molecule has 1 aromatic heterocycles. The molecule has 2 aromatic carbocycles. The molecule has 0 unspecified atom stereocenters. The fourth-order valence-corrected chi connectivity index (χ4v) is 3.40. The number of rotatable bonds is 5. The molecule has 1 aliphatic heterocycles. The van der Waals surface area contributed by atoms with E-state index in [0.29, 0.717) is 12.4 Å². The molecule has 3 aromatic rings. The molecule has 4 rings (SSSR count). The first-order chi connectivity index (χ1) is 13.5. The highest BCUT2D eigenvalue weighted by atomic mass is 79.9. The molecular formula is C18H16BrN7O2. The van der Waals surface area contributed by atoms with E-state index in [2.05, 4.69) is 37.2 Å². The first kappa shape index (κ1) is 18.1. The van der Waals surface area contributed by atoms with Crippen molar-refractivity contribution in [3.8, 4) is 5.69 Å². The van der Waals surface area contributed by atoms with Gasteiger partial charge in [-0.3, -0.25) is 15.1 Å². The van der Waals surface area contributed by atoms with Crippen LogP contribution in [-0.2, 0) is 6.54 Å². The van der Waals surface area contributed by atoms with Gasteiger partial charge in [-0.2, -0.15) is 5.10 Å². The van der Waals surface area contributed by atoms with E-state index in [9.17, 15) is 10.1 Å². The largest absolute Gasteiger partial charge is 0.269 e. The van der Waals surface area contributed by atoms with Crippen molar-refractivity contribution in [3.05, 3.63) is 86.1 Å². The third-order valence-electron chi connectivity index (χ3n) is 4.32. The highest BCUT2D eigenvalue weighted by Crippen LogP contribution is 2.24. The molecule has 2 heterocycles. The number of nitrogens with one attached hydrogen (secondary N) is 2. The second-order valence-corrected chi connectivity index (χ2v) is 7.02. The number of hydrazone groups is 1. The van der Waals surface area contributed by atoms with Gasteiger partial charge in [0.25, 0.3) is 5.69 Å². The van der Waals surface area contributed by atoms with Crippen LogP contribution >= 0.6 is 15.9 Å². The quantitative estimate of drug-likeness (QED) is 0.466. The first-order valence-electron chi connectivity index (χ1n) is 8.43. The van der Waals surface area contributed by atoms with E-state index in [-0.39, 0.29) is 5.69 Å². The van der Waals surface area contributed by atoms with Crippen LogP contribution in [0.4, 0.5) is 5.69 Å². The number of nitro groups is 1. The van der Waals surface area contributed by atoms with Crippen molar-refractivity contribution < 1.29 is 4.92 Å². The molecule has 0 aliphatic carbocycles. The molecule has 2 N–H and O–H groups in total. The lowest BCUT2D eigenvalue weighted by Crippen LogP contribution is -2.40. The van der Waals surface area contributed by atoms with Crippen LogP contribution in [0.25, 0.3) is 5.69 Å². The van der Waals surface area contributed by atoms with Crippen molar-refractivity contribution in [1.82, 2.24) is 25.9 Å². The van der Waals surface area contributed by atoms with Crippen LogP contribution < -0.4 is 11.1 Å². The summed E-state index contributed by atoms with van der Waals surface area (Å²) in [5.74, 6) is 0.656. The lowest BCUT2D eigenvalue weighted by molar-refractivity contribution is -0.384. The highest BCUT2D eigenvalue weighted by molar-refractivity contribution is 9.10.